The number of rotatable bonds is 5. The molecule has 1 heterocycles. The Balaban J connectivity index is 2.47. The van der Waals surface area contributed by atoms with Crippen LogP contribution in [0.15, 0.2) is 18.2 Å². The fourth-order valence-corrected chi connectivity index (χ4v) is 2.63. The van der Waals surface area contributed by atoms with Crippen LogP contribution in [0.25, 0.3) is 11.3 Å². The number of aryl methyl sites for hydroxylation is 1. The highest BCUT2D eigenvalue weighted by atomic mass is 16.3. The van der Waals surface area contributed by atoms with Gasteiger partial charge < -0.3 is 10.0 Å². The molecule has 4 nitrogen and oxygen atoms in total. The van der Waals surface area contributed by atoms with Gasteiger partial charge in [0.1, 0.15) is 5.75 Å². The van der Waals surface area contributed by atoms with Crippen LogP contribution in [0, 0.1) is 13.8 Å². The molecule has 4 heteroatoms. The number of benzene rings is 1. The van der Waals surface area contributed by atoms with Crippen molar-refractivity contribution in [2.24, 2.45) is 0 Å². The zero-order chi connectivity index (χ0) is 16.4. The molecule has 2 rings (SSSR count). The minimum absolute atomic E-state index is 0.307. The summed E-state index contributed by atoms with van der Waals surface area (Å²) in [5.74, 6) is 0.371. The fourth-order valence-electron chi connectivity index (χ4n) is 2.63. The molecule has 0 spiro atoms. The Morgan fingerprint density at radius 2 is 1.91 bits per heavy atom. The van der Waals surface area contributed by atoms with Gasteiger partial charge in [0, 0.05) is 18.2 Å². The third kappa shape index (κ3) is 3.33. The largest absolute Gasteiger partial charge is 0.508 e. The van der Waals surface area contributed by atoms with Gasteiger partial charge in [0.05, 0.1) is 11.4 Å². The van der Waals surface area contributed by atoms with Crippen molar-refractivity contribution in [3.05, 3.63) is 35.0 Å². The molecular weight excluding hydrogens is 274 g/mol. The molecule has 0 bridgehead atoms. The quantitative estimate of drug-likeness (QED) is 0.918. The maximum atomic E-state index is 10.1. The Kier molecular flexibility index (Phi) is 4.91. The Morgan fingerprint density at radius 3 is 2.50 bits per heavy atom. The van der Waals surface area contributed by atoms with Crippen molar-refractivity contribution < 1.29 is 5.11 Å². The van der Waals surface area contributed by atoms with Gasteiger partial charge in [-0.1, -0.05) is 0 Å². The maximum Gasteiger partial charge on any atom is 0.118 e. The minimum Gasteiger partial charge on any atom is -0.508 e. The summed E-state index contributed by atoms with van der Waals surface area (Å²) in [6, 6.07) is 6.19. The van der Waals surface area contributed by atoms with E-state index in [4.69, 9.17) is 0 Å². The lowest BCUT2D eigenvalue weighted by atomic mass is 10.0. The van der Waals surface area contributed by atoms with E-state index in [9.17, 15) is 5.11 Å². The van der Waals surface area contributed by atoms with E-state index in [1.54, 1.807) is 6.07 Å². The van der Waals surface area contributed by atoms with Crippen molar-refractivity contribution in [2.45, 2.75) is 40.2 Å². The van der Waals surface area contributed by atoms with Crippen molar-refractivity contribution in [3.8, 4) is 17.0 Å². The highest BCUT2D eigenvalue weighted by molar-refractivity contribution is 5.66. The van der Waals surface area contributed by atoms with Crippen LogP contribution in [0.1, 0.15) is 36.7 Å². The maximum absolute atomic E-state index is 10.1. The molecule has 1 aromatic heterocycles. The van der Waals surface area contributed by atoms with Gasteiger partial charge >= 0.3 is 0 Å². The summed E-state index contributed by atoms with van der Waals surface area (Å²) >= 11 is 0. The lowest BCUT2D eigenvalue weighted by Crippen LogP contribution is -2.15. The number of aromatic nitrogens is 2. The van der Waals surface area contributed by atoms with E-state index >= 15 is 0 Å². The van der Waals surface area contributed by atoms with Crippen LogP contribution < -0.4 is 0 Å². The van der Waals surface area contributed by atoms with Crippen LogP contribution in [-0.4, -0.2) is 40.4 Å². The molecule has 0 amide bonds. The second-order valence-electron chi connectivity index (χ2n) is 6.49. The van der Waals surface area contributed by atoms with E-state index in [0.29, 0.717) is 11.8 Å². The summed E-state index contributed by atoms with van der Waals surface area (Å²) < 4.78 is 2.08. The summed E-state index contributed by atoms with van der Waals surface area (Å²) in [4.78, 5) is 2.12. The van der Waals surface area contributed by atoms with E-state index in [-0.39, 0.29) is 0 Å². The van der Waals surface area contributed by atoms with Crippen LogP contribution in [0.4, 0.5) is 0 Å². The molecule has 0 saturated heterocycles. The molecule has 0 aliphatic heterocycles. The van der Waals surface area contributed by atoms with Crippen LogP contribution in [-0.2, 0) is 6.42 Å². The molecule has 1 aromatic carbocycles. The van der Waals surface area contributed by atoms with Gasteiger partial charge in [-0.05, 0) is 77.5 Å². The monoisotopic (exact) mass is 301 g/mol. The van der Waals surface area contributed by atoms with Crippen molar-refractivity contribution in [1.82, 2.24) is 14.7 Å². The molecule has 2 aromatic rings. The first-order chi connectivity index (χ1) is 10.3. The third-order valence-corrected chi connectivity index (χ3v) is 4.06. The molecular formula is C18H27N3O. The predicted octanol–water partition coefficient (Wildman–Crippen LogP) is 3.56. The molecule has 0 aliphatic rings. The molecule has 120 valence electrons. The van der Waals surface area contributed by atoms with Crippen molar-refractivity contribution in [1.29, 1.82) is 0 Å². The topological polar surface area (TPSA) is 41.3 Å². The lowest BCUT2D eigenvalue weighted by Gasteiger charge is -2.15. The van der Waals surface area contributed by atoms with Crippen LogP contribution in [0.5, 0.6) is 5.75 Å². The van der Waals surface area contributed by atoms with E-state index in [1.807, 2.05) is 27.1 Å². The fraction of sp³-hybridized carbons (Fsp3) is 0.500. The summed E-state index contributed by atoms with van der Waals surface area (Å²) in [5.41, 5.74) is 5.53. The summed E-state index contributed by atoms with van der Waals surface area (Å²) in [5, 5.41) is 14.8. The molecule has 0 atom stereocenters. The van der Waals surface area contributed by atoms with Gasteiger partial charge in [-0.2, -0.15) is 5.10 Å². The van der Waals surface area contributed by atoms with Crippen LogP contribution >= 0.6 is 0 Å². The number of phenolic OH excluding ortho intramolecular Hbond substituents is 1. The van der Waals surface area contributed by atoms with E-state index in [2.05, 4.69) is 41.5 Å². The molecule has 0 fully saturated rings. The van der Waals surface area contributed by atoms with Crippen LogP contribution in [0.2, 0.25) is 0 Å². The minimum atomic E-state index is 0.307. The number of phenols is 1. The number of hydrogen-bond donors (Lipinski definition) is 1. The average Bonchev–Trinajstić information content (AvgIpc) is 2.74. The zero-order valence-corrected chi connectivity index (χ0v) is 14.5. The molecule has 0 saturated carbocycles. The van der Waals surface area contributed by atoms with Gasteiger partial charge in [-0.15, -0.1) is 0 Å². The van der Waals surface area contributed by atoms with Gasteiger partial charge in [0.15, 0.2) is 0 Å². The third-order valence-electron chi connectivity index (χ3n) is 4.06. The van der Waals surface area contributed by atoms with Gasteiger partial charge in [0.2, 0.25) is 0 Å². The highest BCUT2D eigenvalue weighted by Crippen LogP contribution is 2.31. The smallest absolute Gasteiger partial charge is 0.118 e. The summed E-state index contributed by atoms with van der Waals surface area (Å²) in [6.07, 6.45) is 0.834. The van der Waals surface area contributed by atoms with E-state index in [1.165, 1.54) is 5.56 Å². The van der Waals surface area contributed by atoms with Crippen LogP contribution in [0.3, 0.4) is 0 Å². The van der Waals surface area contributed by atoms with Gasteiger partial charge in [-0.3, -0.25) is 4.68 Å². The first-order valence-corrected chi connectivity index (χ1v) is 7.84. The molecule has 22 heavy (non-hydrogen) atoms. The molecule has 0 aliphatic carbocycles. The first kappa shape index (κ1) is 16.6. The van der Waals surface area contributed by atoms with Gasteiger partial charge in [-0.25, -0.2) is 0 Å². The first-order valence-electron chi connectivity index (χ1n) is 7.84. The number of nitrogens with zero attached hydrogens (tertiary/aromatic N) is 3. The number of likely N-dealkylation sites (N-methyl/N-ethyl adjacent to an activating group) is 1. The number of aromatic hydroxyl groups is 1. The van der Waals surface area contributed by atoms with Crippen molar-refractivity contribution in [2.75, 3.05) is 20.6 Å². The second-order valence-corrected chi connectivity index (χ2v) is 6.49. The normalized spacial score (nSPS) is 11.6. The Bertz CT molecular complexity index is 657. The van der Waals surface area contributed by atoms with Gasteiger partial charge in [0.25, 0.3) is 0 Å². The second kappa shape index (κ2) is 6.53. The highest BCUT2D eigenvalue weighted by Gasteiger charge is 2.16. The summed E-state index contributed by atoms with van der Waals surface area (Å²) in [7, 11) is 4.09. The molecule has 0 radical (unpaired) electrons. The predicted molar refractivity (Wildman–Crippen MR) is 91.4 cm³/mol. The summed E-state index contributed by atoms with van der Waals surface area (Å²) in [6.45, 7) is 9.36. The molecule has 0 unspecified atom stereocenters. The van der Waals surface area contributed by atoms with E-state index < -0.39 is 0 Å². The van der Waals surface area contributed by atoms with Crippen molar-refractivity contribution >= 4 is 0 Å². The Labute approximate surface area is 133 Å². The Morgan fingerprint density at radius 1 is 1.23 bits per heavy atom. The Hall–Kier alpha value is -1.81. The standard InChI is InChI=1S/C18H27N3O/c1-12(2)21-18(13(3)14(4)19-21)16-7-8-17(22)15(11-16)9-10-20(5)6/h7-8,11-12,22H,9-10H2,1-6H3. The SMILES string of the molecule is Cc1nn(C(C)C)c(-c2ccc(O)c(CCN(C)C)c2)c1C. The van der Waals surface area contributed by atoms with Crippen molar-refractivity contribution in [3.63, 3.8) is 0 Å². The molecule has 1 N–H and O–H groups in total. The number of hydrogen-bond acceptors (Lipinski definition) is 3. The lowest BCUT2D eigenvalue weighted by molar-refractivity contribution is 0.406. The van der Waals surface area contributed by atoms with E-state index in [0.717, 1.165) is 35.5 Å². The zero-order valence-electron chi connectivity index (χ0n) is 14.5. The average molecular weight is 301 g/mol.